The van der Waals surface area contributed by atoms with Gasteiger partial charge in [0.25, 0.3) is 5.91 Å². The van der Waals surface area contributed by atoms with Gasteiger partial charge in [-0.25, -0.2) is 4.39 Å². The van der Waals surface area contributed by atoms with E-state index in [1.165, 1.54) is 12.1 Å². The number of amides is 1. The van der Waals surface area contributed by atoms with Crippen molar-refractivity contribution in [2.24, 2.45) is 0 Å². The molecular formula is C17H19FN2O2. The lowest BCUT2D eigenvalue weighted by molar-refractivity contribution is 0.0717. The van der Waals surface area contributed by atoms with E-state index in [4.69, 9.17) is 4.74 Å². The van der Waals surface area contributed by atoms with Gasteiger partial charge in [-0.3, -0.25) is 9.78 Å². The molecule has 1 amide bonds. The van der Waals surface area contributed by atoms with Crippen LogP contribution in [0.5, 0.6) is 0 Å². The van der Waals surface area contributed by atoms with Gasteiger partial charge in [0, 0.05) is 26.5 Å². The minimum atomic E-state index is -0.509. The molecule has 0 spiro atoms. The third kappa shape index (κ3) is 4.36. The van der Waals surface area contributed by atoms with E-state index >= 15 is 0 Å². The molecule has 0 saturated heterocycles. The van der Waals surface area contributed by atoms with Gasteiger partial charge < -0.3 is 9.64 Å². The number of nitrogens with zero attached hydrogens (tertiary/aromatic N) is 2. The third-order valence-corrected chi connectivity index (χ3v) is 3.25. The minimum Gasteiger partial charge on any atom is -0.385 e. The summed E-state index contributed by atoms with van der Waals surface area (Å²) in [4.78, 5) is 18.4. The maximum atomic E-state index is 13.8. The topological polar surface area (TPSA) is 42.4 Å². The summed E-state index contributed by atoms with van der Waals surface area (Å²) < 4.78 is 18.9. The van der Waals surface area contributed by atoms with Gasteiger partial charge in [-0.1, -0.05) is 18.2 Å². The zero-order chi connectivity index (χ0) is 15.8. The fraction of sp³-hybridized carbons (Fsp3) is 0.294. The number of ether oxygens (including phenoxy) is 1. The fourth-order valence-electron chi connectivity index (χ4n) is 2.14. The number of carbonyl (C=O) groups excluding carboxylic acids is 1. The van der Waals surface area contributed by atoms with Crippen LogP contribution in [0.15, 0.2) is 48.7 Å². The normalized spacial score (nSPS) is 10.5. The van der Waals surface area contributed by atoms with E-state index < -0.39 is 5.82 Å². The second-order valence-corrected chi connectivity index (χ2v) is 4.87. The lowest BCUT2D eigenvalue weighted by atomic mass is 10.1. The first-order chi connectivity index (χ1) is 10.7. The number of carbonyl (C=O) groups is 1. The highest BCUT2D eigenvalue weighted by atomic mass is 19.1. The molecule has 22 heavy (non-hydrogen) atoms. The molecule has 0 N–H and O–H groups in total. The molecular weight excluding hydrogens is 283 g/mol. The highest BCUT2D eigenvalue weighted by Crippen LogP contribution is 2.13. The number of rotatable bonds is 7. The highest BCUT2D eigenvalue weighted by Gasteiger charge is 2.19. The molecule has 5 heteroatoms. The molecule has 1 aromatic heterocycles. The fourth-order valence-corrected chi connectivity index (χ4v) is 2.14. The summed E-state index contributed by atoms with van der Waals surface area (Å²) in [5, 5.41) is 0. The molecule has 0 fully saturated rings. The van der Waals surface area contributed by atoms with Crippen LogP contribution in [0.2, 0.25) is 0 Å². The van der Waals surface area contributed by atoms with Gasteiger partial charge >= 0.3 is 0 Å². The second-order valence-electron chi connectivity index (χ2n) is 4.87. The quantitative estimate of drug-likeness (QED) is 0.739. The van der Waals surface area contributed by atoms with Gasteiger partial charge in [0.2, 0.25) is 0 Å². The lowest BCUT2D eigenvalue weighted by Crippen LogP contribution is -2.33. The zero-order valence-electron chi connectivity index (χ0n) is 12.5. The van der Waals surface area contributed by atoms with E-state index in [0.29, 0.717) is 26.1 Å². The number of hydrogen-bond acceptors (Lipinski definition) is 3. The van der Waals surface area contributed by atoms with Crippen molar-refractivity contribution in [1.29, 1.82) is 0 Å². The molecule has 0 unspecified atom stereocenters. The molecule has 1 aromatic carbocycles. The average molecular weight is 302 g/mol. The Morgan fingerprint density at radius 3 is 2.68 bits per heavy atom. The number of hydrogen-bond donors (Lipinski definition) is 0. The van der Waals surface area contributed by atoms with Crippen molar-refractivity contribution < 1.29 is 13.9 Å². The molecule has 1 heterocycles. The minimum absolute atomic E-state index is 0.0795. The molecule has 116 valence electrons. The van der Waals surface area contributed by atoms with Crippen molar-refractivity contribution in [3.8, 4) is 0 Å². The predicted molar refractivity (Wildman–Crippen MR) is 81.9 cm³/mol. The second kappa shape index (κ2) is 8.24. The van der Waals surface area contributed by atoms with Crippen molar-refractivity contribution >= 4 is 5.91 Å². The van der Waals surface area contributed by atoms with Gasteiger partial charge in [-0.2, -0.15) is 0 Å². The van der Waals surface area contributed by atoms with Crippen molar-refractivity contribution in [3.63, 3.8) is 0 Å². The Kier molecular flexibility index (Phi) is 6.03. The zero-order valence-corrected chi connectivity index (χ0v) is 12.5. The van der Waals surface area contributed by atoms with E-state index in [2.05, 4.69) is 4.98 Å². The number of aromatic nitrogens is 1. The maximum absolute atomic E-state index is 13.8. The van der Waals surface area contributed by atoms with Crippen LogP contribution in [0, 0.1) is 5.82 Å². The smallest absolute Gasteiger partial charge is 0.257 e. The molecule has 0 atom stereocenters. The van der Waals surface area contributed by atoms with Crippen molar-refractivity contribution in [1.82, 2.24) is 9.88 Å². The molecule has 0 aliphatic heterocycles. The Morgan fingerprint density at radius 2 is 2.00 bits per heavy atom. The third-order valence-electron chi connectivity index (χ3n) is 3.25. The molecule has 2 aromatic rings. The van der Waals surface area contributed by atoms with Crippen LogP contribution in [-0.2, 0) is 11.3 Å². The summed E-state index contributed by atoms with van der Waals surface area (Å²) in [5.74, 6) is -0.842. The first kappa shape index (κ1) is 16.1. The van der Waals surface area contributed by atoms with Crippen LogP contribution >= 0.6 is 0 Å². The predicted octanol–water partition coefficient (Wildman–Crippen LogP) is 2.90. The van der Waals surface area contributed by atoms with E-state index in [1.807, 2.05) is 18.2 Å². The van der Waals surface area contributed by atoms with Crippen molar-refractivity contribution in [3.05, 3.63) is 65.7 Å². The van der Waals surface area contributed by atoms with Crippen molar-refractivity contribution in [2.45, 2.75) is 13.0 Å². The van der Waals surface area contributed by atoms with Gasteiger partial charge in [0.05, 0.1) is 17.8 Å². The van der Waals surface area contributed by atoms with Crippen LogP contribution in [0.3, 0.4) is 0 Å². The van der Waals surface area contributed by atoms with E-state index in [9.17, 15) is 9.18 Å². The van der Waals surface area contributed by atoms with Crippen LogP contribution in [0.4, 0.5) is 4.39 Å². The summed E-state index contributed by atoms with van der Waals surface area (Å²) in [6, 6.07) is 11.5. The van der Waals surface area contributed by atoms with Crippen molar-refractivity contribution in [2.75, 3.05) is 20.3 Å². The Balaban J connectivity index is 2.16. The summed E-state index contributed by atoms with van der Waals surface area (Å²) in [5.41, 5.74) is 0.848. The monoisotopic (exact) mass is 302 g/mol. The van der Waals surface area contributed by atoms with Crippen LogP contribution < -0.4 is 0 Å². The maximum Gasteiger partial charge on any atom is 0.257 e. The number of halogens is 1. The van der Waals surface area contributed by atoms with E-state index in [0.717, 1.165) is 5.69 Å². The SMILES string of the molecule is COCCCN(Cc1ccccn1)C(=O)c1ccccc1F. The largest absolute Gasteiger partial charge is 0.385 e. The molecule has 0 aliphatic rings. The number of methoxy groups -OCH3 is 1. The average Bonchev–Trinajstić information content (AvgIpc) is 2.55. The Labute approximate surface area is 129 Å². The molecule has 0 aliphatic carbocycles. The molecule has 0 radical (unpaired) electrons. The molecule has 2 rings (SSSR count). The number of pyridine rings is 1. The number of benzene rings is 1. The van der Waals surface area contributed by atoms with Gasteiger partial charge in [0.1, 0.15) is 5.82 Å². The summed E-state index contributed by atoms with van der Waals surface area (Å²) in [6.45, 7) is 1.37. The van der Waals surface area contributed by atoms with Crippen LogP contribution in [-0.4, -0.2) is 36.1 Å². The van der Waals surface area contributed by atoms with E-state index in [-0.39, 0.29) is 11.5 Å². The van der Waals surface area contributed by atoms with E-state index in [1.54, 1.807) is 30.3 Å². The van der Waals surface area contributed by atoms with Gasteiger partial charge in [-0.05, 0) is 30.7 Å². The summed E-state index contributed by atoms with van der Waals surface area (Å²) in [6.07, 6.45) is 2.36. The lowest BCUT2D eigenvalue weighted by Gasteiger charge is -2.22. The van der Waals surface area contributed by atoms with Gasteiger partial charge in [-0.15, -0.1) is 0 Å². The summed E-state index contributed by atoms with van der Waals surface area (Å²) in [7, 11) is 1.61. The molecule has 0 saturated carbocycles. The van der Waals surface area contributed by atoms with Gasteiger partial charge in [0.15, 0.2) is 0 Å². The van der Waals surface area contributed by atoms with Crippen LogP contribution in [0.1, 0.15) is 22.5 Å². The Hall–Kier alpha value is -2.27. The standard InChI is InChI=1S/C17H19FN2O2/c1-22-12-6-11-20(13-14-7-4-5-10-19-14)17(21)15-8-2-3-9-16(15)18/h2-5,7-10H,6,11-13H2,1H3. The molecule has 0 bridgehead atoms. The Morgan fingerprint density at radius 1 is 1.23 bits per heavy atom. The van der Waals surface area contributed by atoms with Crippen LogP contribution in [0.25, 0.3) is 0 Å². The molecule has 4 nitrogen and oxygen atoms in total. The first-order valence-corrected chi connectivity index (χ1v) is 7.15. The first-order valence-electron chi connectivity index (χ1n) is 7.15. The Bertz CT molecular complexity index is 605. The highest BCUT2D eigenvalue weighted by molar-refractivity contribution is 5.94. The summed E-state index contributed by atoms with van der Waals surface area (Å²) >= 11 is 0.